The van der Waals surface area contributed by atoms with Crippen molar-refractivity contribution in [3.63, 3.8) is 0 Å². The molecule has 0 radical (unpaired) electrons. The Morgan fingerprint density at radius 3 is 2.47 bits per heavy atom. The van der Waals surface area contributed by atoms with Crippen molar-refractivity contribution in [3.8, 4) is 17.4 Å². The summed E-state index contributed by atoms with van der Waals surface area (Å²) in [6.07, 6.45) is 3.37. The van der Waals surface area contributed by atoms with Crippen molar-refractivity contribution in [2.75, 3.05) is 4.72 Å². The van der Waals surface area contributed by atoms with Crippen LogP contribution in [0.1, 0.15) is 0 Å². The van der Waals surface area contributed by atoms with E-state index < -0.39 is 15.8 Å². The van der Waals surface area contributed by atoms with Gasteiger partial charge in [-0.3, -0.25) is 4.72 Å². The summed E-state index contributed by atoms with van der Waals surface area (Å²) in [7, 11) is -3.92. The van der Waals surface area contributed by atoms with Gasteiger partial charge < -0.3 is 4.74 Å². The number of anilines is 1. The maximum atomic E-state index is 13.3. The first-order chi connectivity index (χ1) is 14.4. The number of hydrogen-bond acceptors (Lipinski definition) is 6. The number of aromatic nitrogens is 4. The van der Waals surface area contributed by atoms with E-state index in [1.54, 1.807) is 47.4 Å². The molecule has 1 N–H and O–H groups in total. The Hall–Kier alpha value is -3.50. The van der Waals surface area contributed by atoms with Crippen LogP contribution in [0.2, 0.25) is 5.02 Å². The summed E-state index contributed by atoms with van der Waals surface area (Å²) in [5.74, 6) is 0.542. The summed E-state index contributed by atoms with van der Waals surface area (Å²) < 4.78 is 47.7. The average molecular weight is 446 g/mol. The fourth-order valence-electron chi connectivity index (χ4n) is 2.46. The Labute approximate surface area is 176 Å². The second-order valence-electron chi connectivity index (χ2n) is 5.99. The zero-order chi connectivity index (χ0) is 21.1. The molecule has 4 aromatic rings. The highest BCUT2D eigenvalue weighted by Gasteiger charge is 2.16. The van der Waals surface area contributed by atoms with E-state index in [0.29, 0.717) is 17.3 Å². The monoisotopic (exact) mass is 445 g/mol. The molecular formula is C19H13ClFN5O3S. The van der Waals surface area contributed by atoms with Gasteiger partial charge in [0, 0.05) is 24.1 Å². The number of nitrogens with zero attached hydrogens (tertiary/aromatic N) is 4. The molecule has 0 saturated carbocycles. The summed E-state index contributed by atoms with van der Waals surface area (Å²) in [6, 6.07) is 14.4. The molecule has 0 aliphatic carbocycles. The number of ether oxygens (including phenoxy) is 1. The van der Waals surface area contributed by atoms with Gasteiger partial charge in [-0.2, -0.15) is 5.10 Å². The maximum Gasteiger partial charge on any atom is 0.261 e. The number of halogens is 2. The summed E-state index contributed by atoms with van der Waals surface area (Å²) >= 11 is 5.66. The van der Waals surface area contributed by atoms with Crippen LogP contribution >= 0.6 is 11.6 Å². The van der Waals surface area contributed by atoms with Gasteiger partial charge in [0.25, 0.3) is 10.0 Å². The van der Waals surface area contributed by atoms with E-state index in [1.807, 2.05) is 0 Å². The van der Waals surface area contributed by atoms with Crippen LogP contribution in [0.15, 0.2) is 78.0 Å². The Morgan fingerprint density at radius 1 is 1.03 bits per heavy atom. The Bertz CT molecular complexity index is 1260. The lowest BCUT2D eigenvalue weighted by atomic mass is 10.3. The third-order valence-electron chi connectivity index (χ3n) is 3.90. The lowest BCUT2D eigenvalue weighted by Crippen LogP contribution is -2.13. The van der Waals surface area contributed by atoms with Gasteiger partial charge in [0.15, 0.2) is 5.82 Å². The summed E-state index contributed by atoms with van der Waals surface area (Å²) in [4.78, 5) is -0.151. The maximum absolute atomic E-state index is 13.3. The third kappa shape index (κ3) is 4.39. The highest BCUT2D eigenvalue weighted by atomic mass is 35.5. The normalized spacial score (nSPS) is 11.3. The molecule has 11 heteroatoms. The van der Waals surface area contributed by atoms with E-state index in [9.17, 15) is 12.8 Å². The summed E-state index contributed by atoms with van der Waals surface area (Å²) in [6.45, 7) is 0. The van der Waals surface area contributed by atoms with E-state index in [1.165, 1.54) is 12.1 Å². The largest absolute Gasteiger partial charge is 0.438 e. The Kier molecular flexibility index (Phi) is 5.34. The van der Waals surface area contributed by atoms with Crippen molar-refractivity contribution >= 4 is 27.3 Å². The zero-order valence-electron chi connectivity index (χ0n) is 15.1. The van der Waals surface area contributed by atoms with Crippen LogP contribution in [0, 0.1) is 5.82 Å². The van der Waals surface area contributed by atoms with Gasteiger partial charge in [0.05, 0.1) is 9.92 Å². The van der Waals surface area contributed by atoms with Crippen LogP contribution in [0.4, 0.5) is 10.1 Å². The molecule has 30 heavy (non-hydrogen) atoms. The van der Waals surface area contributed by atoms with Crippen molar-refractivity contribution in [2.24, 2.45) is 0 Å². The molecule has 0 bridgehead atoms. The molecule has 0 unspecified atom stereocenters. The summed E-state index contributed by atoms with van der Waals surface area (Å²) in [5.41, 5.74) is 0.294. The minimum Gasteiger partial charge on any atom is -0.438 e. The van der Waals surface area contributed by atoms with E-state index in [2.05, 4.69) is 20.0 Å². The molecule has 0 aliphatic rings. The van der Waals surface area contributed by atoms with Gasteiger partial charge in [0.2, 0.25) is 5.88 Å². The van der Waals surface area contributed by atoms with Crippen molar-refractivity contribution in [3.05, 3.63) is 83.9 Å². The van der Waals surface area contributed by atoms with Gasteiger partial charge in [-0.05, 0) is 54.6 Å². The molecule has 0 fully saturated rings. The fraction of sp³-hybridized carbons (Fsp3) is 0. The molecule has 0 aliphatic heterocycles. The predicted octanol–water partition coefficient (Wildman–Crippen LogP) is 4.05. The quantitative estimate of drug-likeness (QED) is 0.480. The lowest BCUT2D eigenvalue weighted by Gasteiger charge is -2.10. The van der Waals surface area contributed by atoms with E-state index >= 15 is 0 Å². The number of benzene rings is 2. The van der Waals surface area contributed by atoms with Crippen molar-refractivity contribution < 1.29 is 17.5 Å². The minimum absolute atomic E-state index is 0.151. The smallest absolute Gasteiger partial charge is 0.261 e. The highest BCUT2D eigenvalue weighted by Crippen LogP contribution is 2.24. The predicted molar refractivity (Wildman–Crippen MR) is 108 cm³/mol. The molecule has 152 valence electrons. The van der Waals surface area contributed by atoms with Crippen LogP contribution in [-0.4, -0.2) is 28.4 Å². The van der Waals surface area contributed by atoms with Gasteiger partial charge in [0.1, 0.15) is 11.6 Å². The second-order valence-corrected chi connectivity index (χ2v) is 8.08. The van der Waals surface area contributed by atoms with Crippen molar-refractivity contribution in [1.29, 1.82) is 0 Å². The van der Waals surface area contributed by atoms with E-state index in [4.69, 9.17) is 16.3 Å². The van der Waals surface area contributed by atoms with Crippen LogP contribution in [0.25, 0.3) is 5.82 Å². The Morgan fingerprint density at radius 2 is 1.83 bits per heavy atom. The molecule has 2 aromatic heterocycles. The lowest BCUT2D eigenvalue weighted by molar-refractivity contribution is 0.454. The zero-order valence-corrected chi connectivity index (χ0v) is 16.7. The van der Waals surface area contributed by atoms with E-state index in [0.717, 1.165) is 18.2 Å². The molecule has 2 heterocycles. The average Bonchev–Trinajstić information content (AvgIpc) is 3.27. The second kappa shape index (κ2) is 8.09. The van der Waals surface area contributed by atoms with Crippen LogP contribution in [0.5, 0.6) is 11.6 Å². The van der Waals surface area contributed by atoms with Crippen LogP contribution < -0.4 is 9.46 Å². The molecular weight excluding hydrogens is 433 g/mol. The number of hydrogen-bond donors (Lipinski definition) is 1. The van der Waals surface area contributed by atoms with Crippen molar-refractivity contribution in [1.82, 2.24) is 20.0 Å². The molecule has 4 rings (SSSR count). The van der Waals surface area contributed by atoms with Crippen molar-refractivity contribution in [2.45, 2.75) is 4.90 Å². The van der Waals surface area contributed by atoms with E-state index in [-0.39, 0.29) is 15.8 Å². The molecule has 0 amide bonds. The standard InChI is InChI=1S/C19H13ClFN5O3S/c20-16-12-15(6-7-17(16)21)30(27,28)25-13-2-4-14(5-3-13)29-19-9-8-18(23-24-19)26-11-1-10-22-26/h1-12,25H. The van der Waals surface area contributed by atoms with Gasteiger partial charge in [-0.1, -0.05) is 11.6 Å². The highest BCUT2D eigenvalue weighted by molar-refractivity contribution is 7.92. The van der Waals surface area contributed by atoms with Crippen LogP contribution in [-0.2, 0) is 10.0 Å². The Balaban J connectivity index is 1.44. The third-order valence-corrected chi connectivity index (χ3v) is 5.56. The number of rotatable bonds is 6. The molecule has 0 atom stereocenters. The first kappa shape index (κ1) is 19.8. The van der Waals surface area contributed by atoms with Gasteiger partial charge in [-0.25, -0.2) is 17.5 Å². The van der Waals surface area contributed by atoms with Gasteiger partial charge >= 0.3 is 0 Å². The minimum atomic E-state index is -3.92. The molecule has 0 saturated heterocycles. The topological polar surface area (TPSA) is 99.0 Å². The molecule has 8 nitrogen and oxygen atoms in total. The first-order valence-corrected chi connectivity index (χ1v) is 10.4. The number of sulfonamides is 1. The number of nitrogens with one attached hydrogen (secondary N) is 1. The van der Waals surface area contributed by atoms with Gasteiger partial charge in [-0.15, -0.1) is 10.2 Å². The molecule has 0 spiro atoms. The van der Waals surface area contributed by atoms with Crippen LogP contribution in [0.3, 0.4) is 0 Å². The SMILES string of the molecule is O=S(=O)(Nc1ccc(Oc2ccc(-n3cccn3)nn2)cc1)c1ccc(F)c(Cl)c1. The molecule has 2 aromatic carbocycles. The summed E-state index contributed by atoms with van der Waals surface area (Å²) in [5, 5.41) is 11.8. The fourth-order valence-corrected chi connectivity index (χ4v) is 3.79. The first-order valence-electron chi connectivity index (χ1n) is 8.50.